The number of hydrogen-bond acceptors (Lipinski definition) is 7. The number of hydrogen-bond donors (Lipinski definition) is 0. The fraction of sp³-hybridized carbons (Fsp3) is 0.300. The van der Waals surface area contributed by atoms with E-state index < -0.39 is 0 Å². The molecule has 4 aromatic rings. The van der Waals surface area contributed by atoms with E-state index in [0.29, 0.717) is 23.0 Å². The van der Waals surface area contributed by atoms with E-state index in [1.54, 1.807) is 6.20 Å². The molecule has 7 heteroatoms. The summed E-state index contributed by atoms with van der Waals surface area (Å²) >= 11 is 1.49. The Hall–Kier alpha value is -2.48. The molecule has 0 spiro atoms. The number of benzene rings is 1. The van der Waals surface area contributed by atoms with Crippen LogP contribution in [0.15, 0.2) is 47.0 Å². The molecule has 2 bridgehead atoms. The Balaban J connectivity index is 1.24. The van der Waals surface area contributed by atoms with Crippen molar-refractivity contribution in [3.05, 3.63) is 48.4 Å². The van der Waals surface area contributed by atoms with Crippen LogP contribution in [0, 0.1) is 0 Å². The molecule has 2 fully saturated rings. The van der Waals surface area contributed by atoms with Crippen LogP contribution in [0.5, 0.6) is 10.9 Å². The Labute approximate surface area is 159 Å². The van der Waals surface area contributed by atoms with Gasteiger partial charge >= 0.3 is 0 Å². The van der Waals surface area contributed by atoms with E-state index in [4.69, 9.17) is 13.9 Å². The Morgan fingerprint density at radius 2 is 2.26 bits per heavy atom. The minimum Gasteiger partial charge on any atom is -0.460 e. The molecule has 2 atom stereocenters. The third kappa shape index (κ3) is 2.79. The highest BCUT2D eigenvalue weighted by atomic mass is 32.1. The van der Waals surface area contributed by atoms with Gasteiger partial charge in [-0.2, -0.15) is 4.98 Å². The molecule has 6 rings (SSSR count). The Morgan fingerprint density at radius 1 is 1.26 bits per heavy atom. The number of furan rings is 1. The van der Waals surface area contributed by atoms with Crippen LogP contribution in [0.4, 0.5) is 0 Å². The van der Waals surface area contributed by atoms with Gasteiger partial charge in [-0.05, 0) is 36.8 Å². The zero-order valence-electron chi connectivity index (χ0n) is 14.5. The van der Waals surface area contributed by atoms with Crippen LogP contribution in [-0.2, 0) is 11.3 Å². The molecule has 0 aliphatic carbocycles. The molecule has 2 unspecified atom stereocenters. The lowest BCUT2D eigenvalue weighted by Gasteiger charge is -2.25. The minimum atomic E-state index is 0.405. The van der Waals surface area contributed by atoms with Gasteiger partial charge in [0.25, 0.3) is 5.19 Å². The summed E-state index contributed by atoms with van der Waals surface area (Å²) in [7, 11) is 0. The first-order valence-electron chi connectivity index (χ1n) is 9.08. The van der Waals surface area contributed by atoms with Crippen LogP contribution in [0.25, 0.3) is 21.3 Å². The quantitative estimate of drug-likeness (QED) is 0.530. The molecule has 2 aliphatic heterocycles. The molecule has 2 saturated heterocycles. The van der Waals surface area contributed by atoms with E-state index in [1.165, 1.54) is 11.3 Å². The van der Waals surface area contributed by atoms with Gasteiger partial charge in [-0.15, -0.1) is 0 Å². The summed E-state index contributed by atoms with van der Waals surface area (Å²) in [5.41, 5.74) is 1.55. The highest BCUT2D eigenvalue weighted by Gasteiger charge is 2.39. The number of morpholine rings is 1. The molecular weight excluding hydrogens is 362 g/mol. The molecule has 0 saturated carbocycles. The van der Waals surface area contributed by atoms with Gasteiger partial charge in [0, 0.05) is 30.2 Å². The second-order valence-corrected chi connectivity index (χ2v) is 8.09. The molecule has 27 heavy (non-hydrogen) atoms. The average Bonchev–Trinajstić information content (AvgIpc) is 3.43. The lowest BCUT2D eigenvalue weighted by molar-refractivity contribution is 0.0250. The van der Waals surface area contributed by atoms with E-state index in [2.05, 4.69) is 20.9 Å². The van der Waals surface area contributed by atoms with Gasteiger partial charge in [0.05, 0.1) is 24.0 Å². The van der Waals surface area contributed by atoms with Crippen molar-refractivity contribution in [2.45, 2.75) is 25.1 Å². The number of fused-ring (bicyclic) bond motifs is 4. The normalized spacial score (nSPS) is 22.2. The molecule has 3 aromatic heterocycles. The van der Waals surface area contributed by atoms with Crippen LogP contribution < -0.4 is 4.74 Å². The Bertz CT molecular complexity index is 1100. The van der Waals surface area contributed by atoms with E-state index in [0.717, 1.165) is 53.3 Å². The summed E-state index contributed by atoms with van der Waals surface area (Å²) in [6, 6.07) is 12.5. The fourth-order valence-electron chi connectivity index (χ4n) is 3.97. The maximum Gasteiger partial charge on any atom is 0.281 e. The van der Waals surface area contributed by atoms with Crippen molar-refractivity contribution in [3.8, 4) is 10.9 Å². The largest absolute Gasteiger partial charge is 0.460 e. The molecular formula is C20H17N3O3S. The lowest BCUT2D eigenvalue weighted by atomic mass is 10.2. The minimum absolute atomic E-state index is 0.405. The molecule has 0 amide bonds. The first-order valence-corrected chi connectivity index (χ1v) is 9.89. The van der Waals surface area contributed by atoms with Crippen molar-refractivity contribution >= 4 is 32.7 Å². The molecule has 0 N–H and O–H groups in total. The predicted octanol–water partition coefficient (Wildman–Crippen LogP) is 4.20. The molecule has 1 aromatic carbocycles. The number of rotatable bonds is 4. The predicted molar refractivity (Wildman–Crippen MR) is 102 cm³/mol. The van der Waals surface area contributed by atoms with Gasteiger partial charge < -0.3 is 13.9 Å². The summed E-state index contributed by atoms with van der Waals surface area (Å²) in [6.45, 7) is 2.68. The number of pyridine rings is 1. The summed E-state index contributed by atoms with van der Waals surface area (Å²) in [4.78, 5) is 11.1. The number of ether oxygens (including phenoxy) is 2. The van der Waals surface area contributed by atoms with E-state index in [9.17, 15) is 0 Å². The first-order chi connectivity index (χ1) is 13.3. The van der Waals surface area contributed by atoms with Crippen molar-refractivity contribution in [1.29, 1.82) is 0 Å². The van der Waals surface area contributed by atoms with E-state index in [1.807, 2.05) is 30.3 Å². The standard InChI is InChI=1S/C20H17N3O3S/c1-2-18-19(21-5-1)22-20(27-18)26-14-4-3-12-6-16(25-17(12)8-14)10-23-9-15-7-13(23)11-24-15/h1-6,8,13,15H,7,9-11H2. The SMILES string of the molecule is c1cnc2nc(Oc3ccc4cc(CN5CC6CC5CO6)oc4c3)sc2c1. The van der Waals surface area contributed by atoms with Crippen molar-refractivity contribution in [2.75, 3.05) is 13.2 Å². The molecule has 5 heterocycles. The van der Waals surface area contributed by atoms with Crippen molar-refractivity contribution in [1.82, 2.24) is 14.9 Å². The van der Waals surface area contributed by atoms with Crippen molar-refractivity contribution in [3.63, 3.8) is 0 Å². The second kappa shape index (κ2) is 6.02. The summed E-state index contributed by atoms with van der Waals surface area (Å²) in [5, 5.41) is 1.67. The highest BCUT2D eigenvalue weighted by Crippen LogP contribution is 2.34. The van der Waals surface area contributed by atoms with E-state index >= 15 is 0 Å². The molecule has 136 valence electrons. The van der Waals surface area contributed by atoms with E-state index in [-0.39, 0.29) is 0 Å². The molecule has 0 radical (unpaired) electrons. The van der Waals surface area contributed by atoms with Crippen molar-refractivity contribution < 1.29 is 13.9 Å². The van der Waals surface area contributed by atoms with Gasteiger partial charge in [-0.25, -0.2) is 4.98 Å². The first kappa shape index (κ1) is 15.6. The van der Waals surface area contributed by atoms with Crippen molar-refractivity contribution in [2.24, 2.45) is 0 Å². The number of likely N-dealkylation sites (tertiary alicyclic amines) is 1. The van der Waals surface area contributed by atoms with Crippen LogP contribution in [-0.4, -0.2) is 40.2 Å². The van der Waals surface area contributed by atoms with Gasteiger partial charge in [-0.1, -0.05) is 11.3 Å². The number of nitrogens with zero attached hydrogens (tertiary/aromatic N) is 3. The maximum absolute atomic E-state index is 6.08. The molecule has 2 aliphatic rings. The summed E-state index contributed by atoms with van der Waals surface area (Å²) in [5.74, 6) is 1.70. The third-order valence-electron chi connectivity index (χ3n) is 5.27. The Kier molecular flexibility index (Phi) is 3.47. The number of thiazole rings is 1. The second-order valence-electron chi connectivity index (χ2n) is 7.09. The Morgan fingerprint density at radius 3 is 3.11 bits per heavy atom. The van der Waals surface area contributed by atoms with Crippen LogP contribution in [0.3, 0.4) is 0 Å². The third-order valence-corrected chi connectivity index (χ3v) is 6.15. The van der Waals surface area contributed by atoms with Gasteiger partial charge in [-0.3, -0.25) is 4.90 Å². The van der Waals surface area contributed by atoms with Crippen LogP contribution in [0.1, 0.15) is 12.2 Å². The molecule has 6 nitrogen and oxygen atoms in total. The van der Waals surface area contributed by atoms with Gasteiger partial charge in [0.15, 0.2) is 5.65 Å². The van der Waals surface area contributed by atoms with Gasteiger partial charge in [0.1, 0.15) is 17.1 Å². The van der Waals surface area contributed by atoms with Crippen LogP contribution in [0.2, 0.25) is 0 Å². The topological polar surface area (TPSA) is 60.6 Å². The number of aromatic nitrogens is 2. The van der Waals surface area contributed by atoms with Crippen LogP contribution >= 0.6 is 11.3 Å². The zero-order chi connectivity index (χ0) is 17.8. The summed E-state index contributed by atoms with van der Waals surface area (Å²) < 4.78 is 18.7. The smallest absolute Gasteiger partial charge is 0.281 e. The maximum atomic E-state index is 6.08. The monoisotopic (exact) mass is 379 g/mol. The fourth-order valence-corrected chi connectivity index (χ4v) is 4.77. The zero-order valence-corrected chi connectivity index (χ0v) is 15.3. The highest BCUT2D eigenvalue weighted by molar-refractivity contribution is 7.20. The average molecular weight is 379 g/mol. The lowest BCUT2D eigenvalue weighted by Crippen LogP contribution is -2.36. The summed E-state index contributed by atoms with van der Waals surface area (Å²) in [6.07, 6.45) is 3.29. The van der Waals surface area contributed by atoms with Gasteiger partial charge in [0.2, 0.25) is 0 Å².